The number of ether oxygens (including phenoxy) is 1. The molecular formula is C21H34O4. The summed E-state index contributed by atoms with van der Waals surface area (Å²) in [5.74, 6) is -0.327. The molecule has 0 aliphatic carbocycles. The van der Waals surface area contributed by atoms with E-state index in [2.05, 4.69) is 6.92 Å². The molecule has 0 unspecified atom stereocenters. The molecule has 0 heterocycles. The molecule has 1 aromatic rings. The number of rotatable bonds is 14. The summed E-state index contributed by atoms with van der Waals surface area (Å²) in [6.07, 6.45) is 12.8. The van der Waals surface area contributed by atoms with Gasteiger partial charge in [0, 0.05) is 6.42 Å². The lowest BCUT2D eigenvalue weighted by molar-refractivity contribution is -0.143. The fourth-order valence-corrected chi connectivity index (χ4v) is 2.88. The number of carbonyl (C=O) groups excluding carboxylic acids is 1. The van der Waals surface area contributed by atoms with Crippen molar-refractivity contribution >= 4 is 5.97 Å². The van der Waals surface area contributed by atoms with Gasteiger partial charge < -0.3 is 14.9 Å². The highest BCUT2D eigenvalue weighted by Crippen LogP contribution is 2.28. The van der Waals surface area contributed by atoms with Crippen LogP contribution in [0.25, 0.3) is 0 Å². The van der Waals surface area contributed by atoms with Gasteiger partial charge in [0.1, 0.15) is 0 Å². The summed E-state index contributed by atoms with van der Waals surface area (Å²) < 4.78 is 5.22. The zero-order valence-corrected chi connectivity index (χ0v) is 15.6. The molecule has 0 aliphatic heterocycles. The maximum atomic E-state index is 11.7. The molecule has 0 atom stereocenters. The molecule has 0 aromatic heterocycles. The van der Waals surface area contributed by atoms with Gasteiger partial charge in [0.15, 0.2) is 11.5 Å². The van der Waals surface area contributed by atoms with Gasteiger partial charge in [-0.25, -0.2) is 0 Å². The van der Waals surface area contributed by atoms with Crippen LogP contribution < -0.4 is 0 Å². The number of phenolic OH excluding ortho intramolecular Hbond substituents is 2. The quantitative estimate of drug-likeness (QED) is 0.264. The highest BCUT2D eigenvalue weighted by molar-refractivity contribution is 5.69. The maximum absolute atomic E-state index is 11.7. The third kappa shape index (κ3) is 10.0. The SMILES string of the molecule is CCCCCCCCCCCC(=O)OCCCc1cccc(O)c1O. The van der Waals surface area contributed by atoms with Gasteiger partial charge in [-0.1, -0.05) is 70.4 Å². The lowest BCUT2D eigenvalue weighted by Crippen LogP contribution is -2.06. The Hall–Kier alpha value is -1.71. The van der Waals surface area contributed by atoms with E-state index >= 15 is 0 Å². The molecule has 0 fully saturated rings. The number of carbonyl (C=O) groups is 1. The second-order valence-electron chi connectivity index (χ2n) is 6.69. The molecule has 4 heteroatoms. The number of aryl methyl sites for hydroxylation is 1. The summed E-state index contributed by atoms with van der Waals surface area (Å²) in [5.41, 5.74) is 0.676. The Morgan fingerprint density at radius 1 is 0.920 bits per heavy atom. The third-order valence-electron chi connectivity index (χ3n) is 4.44. The van der Waals surface area contributed by atoms with E-state index in [0.29, 0.717) is 31.4 Å². The Morgan fingerprint density at radius 2 is 1.56 bits per heavy atom. The average Bonchev–Trinajstić information content (AvgIpc) is 2.60. The number of phenols is 2. The predicted molar refractivity (Wildman–Crippen MR) is 101 cm³/mol. The molecular weight excluding hydrogens is 316 g/mol. The van der Waals surface area contributed by atoms with Crippen molar-refractivity contribution in [3.05, 3.63) is 23.8 Å². The Balaban J connectivity index is 1.96. The van der Waals surface area contributed by atoms with E-state index in [-0.39, 0.29) is 17.5 Å². The molecule has 0 saturated heterocycles. The largest absolute Gasteiger partial charge is 0.504 e. The summed E-state index contributed by atoms with van der Waals surface area (Å²) in [5, 5.41) is 19.1. The number of aromatic hydroxyl groups is 2. The zero-order chi connectivity index (χ0) is 18.3. The van der Waals surface area contributed by atoms with Crippen molar-refractivity contribution in [2.45, 2.75) is 84.0 Å². The van der Waals surface area contributed by atoms with Crippen LogP contribution in [-0.2, 0) is 16.0 Å². The first-order valence-electron chi connectivity index (χ1n) is 9.80. The molecule has 25 heavy (non-hydrogen) atoms. The van der Waals surface area contributed by atoms with Gasteiger partial charge in [0.2, 0.25) is 0 Å². The van der Waals surface area contributed by atoms with Crippen molar-refractivity contribution in [2.75, 3.05) is 6.61 Å². The van der Waals surface area contributed by atoms with Gasteiger partial charge in [0.05, 0.1) is 6.61 Å². The molecule has 0 amide bonds. The number of esters is 1. The van der Waals surface area contributed by atoms with Crippen LogP contribution in [0.2, 0.25) is 0 Å². The number of hydrogen-bond donors (Lipinski definition) is 2. The fraction of sp³-hybridized carbons (Fsp3) is 0.667. The molecule has 1 aromatic carbocycles. The smallest absolute Gasteiger partial charge is 0.305 e. The lowest BCUT2D eigenvalue weighted by Gasteiger charge is -2.07. The maximum Gasteiger partial charge on any atom is 0.305 e. The average molecular weight is 350 g/mol. The molecule has 0 aliphatic rings. The monoisotopic (exact) mass is 350 g/mol. The van der Waals surface area contributed by atoms with Gasteiger partial charge in [0.25, 0.3) is 0 Å². The van der Waals surface area contributed by atoms with Crippen molar-refractivity contribution in [3.63, 3.8) is 0 Å². The number of benzene rings is 1. The van der Waals surface area contributed by atoms with Crippen LogP contribution in [0.15, 0.2) is 18.2 Å². The summed E-state index contributed by atoms with van der Waals surface area (Å²) in [6.45, 7) is 2.58. The zero-order valence-electron chi connectivity index (χ0n) is 15.6. The summed E-state index contributed by atoms with van der Waals surface area (Å²) in [4.78, 5) is 11.7. The van der Waals surface area contributed by atoms with E-state index in [1.807, 2.05) is 0 Å². The number of para-hydroxylation sites is 1. The standard InChI is InChI=1S/C21H34O4/c1-2-3-4-5-6-7-8-9-10-16-20(23)25-17-12-14-18-13-11-15-19(22)21(18)24/h11,13,15,22,24H,2-10,12,14,16-17H2,1H3. The summed E-state index contributed by atoms with van der Waals surface area (Å²) >= 11 is 0. The highest BCUT2D eigenvalue weighted by atomic mass is 16.5. The van der Waals surface area contributed by atoms with Crippen LogP contribution in [-0.4, -0.2) is 22.8 Å². The molecule has 2 N–H and O–H groups in total. The summed E-state index contributed by atoms with van der Waals surface area (Å²) in [7, 11) is 0. The van der Waals surface area contributed by atoms with Crippen LogP contribution in [0.5, 0.6) is 11.5 Å². The lowest BCUT2D eigenvalue weighted by atomic mass is 10.1. The van der Waals surface area contributed by atoms with Gasteiger partial charge >= 0.3 is 5.97 Å². The Kier molecular flexibility index (Phi) is 11.6. The molecule has 0 spiro atoms. The fourth-order valence-electron chi connectivity index (χ4n) is 2.88. The Morgan fingerprint density at radius 3 is 2.24 bits per heavy atom. The van der Waals surface area contributed by atoms with Crippen molar-refractivity contribution in [1.29, 1.82) is 0 Å². The van der Waals surface area contributed by atoms with Crippen molar-refractivity contribution < 1.29 is 19.7 Å². The highest BCUT2D eigenvalue weighted by Gasteiger charge is 2.06. The van der Waals surface area contributed by atoms with Crippen LogP contribution >= 0.6 is 0 Å². The molecule has 0 radical (unpaired) electrons. The van der Waals surface area contributed by atoms with Crippen LogP contribution in [0, 0.1) is 0 Å². The minimum atomic E-state index is -0.136. The third-order valence-corrected chi connectivity index (χ3v) is 4.44. The number of unbranched alkanes of at least 4 members (excludes halogenated alkanes) is 8. The molecule has 1 rings (SSSR count). The summed E-state index contributed by atoms with van der Waals surface area (Å²) in [6, 6.07) is 4.91. The second-order valence-corrected chi connectivity index (χ2v) is 6.69. The van der Waals surface area contributed by atoms with Crippen molar-refractivity contribution in [3.8, 4) is 11.5 Å². The van der Waals surface area contributed by atoms with Gasteiger partial charge in [-0.05, 0) is 30.9 Å². The first-order valence-corrected chi connectivity index (χ1v) is 9.80. The first-order chi connectivity index (χ1) is 12.1. The van der Waals surface area contributed by atoms with Crippen LogP contribution in [0.3, 0.4) is 0 Å². The van der Waals surface area contributed by atoms with Crippen molar-refractivity contribution in [2.24, 2.45) is 0 Å². The van der Waals surface area contributed by atoms with E-state index in [9.17, 15) is 15.0 Å². The van der Waals surface area contributed by atoms with Crippen molar-refractivity contribution in [1.82, 2.24) is 0 Å². The number of hydrogen-bond acceptors (Lipinski definition) is 4. The molecule has 0 saturated carbocycles. The molecule has 0 bridgehead atoms. The van der Waals surface area contributed by atoms with Gasteiger partial charge in [-0.3, -0.25) is 4.79 Å². The van der Waals surface area contributed by atoms with Gasteiger partial charge in [-0.15, -0.1) is 0 Å². The second kappa shape index (κ2) is 13.6. The topological polar surface area (TPSA) is 66.8 Å². The van der Waals surface area contributed by atoms with Crippen LogP contribution in [0.1, 0.15) is 83.1 Å². The van der Waals surface area contributed by atoms with E-state index in [1.54, 1.807) is 12.1 Å². The molecule has 142 valence electrons. The van der Waals surface area contributed by atoms with Crippen LogP contribution in [0.4, 0.5) is 0 Å². The Bertz CT molecular complexity index is 485. The minimum Gasteiger partial charge on any atom is -0.504 e. The predicted octanol–water partition coefficient (Wildman–Crippen LogP) is 5.49. The van der Waals surface area contributed by atoms with E-state index in [4.69, 9.17) is 4.74 Å². The molecule has 4 nitrogen and oxygen atoms in total. The minimum absolute atomic E-state index is 0.0801. The normalized spacial score (nSPS) is 10.8. The van der Waals surface area contributed by atoms with E-state index in [0.717, 1.165) is 12.8 Å². The first kappa shape index (κ1) is 21.3. The van der Waals surface area contributed by atoms with E-state index in [1.165, 1.54) is 51.0 Å². The van der Waals surface area contributed by atoms with Gasteiger partial charge in [-0.2, -0.15) is 0 Å². The van der Waals surface area contributed by atoms with E-state index < -0.39 is 0 Å². The Labute approximate surface area is 152 Å².